The minimum absolute atomic E-state index is 0.359. The Morgan fingerprint density at radius 1 is 1.00 bits per heavy atom. The summed E-state index contributed by atoms with van der Waals surface area (Å²) in [7, 11) is -3.40. The molecule has 2 aromatic rings. The number of hydrogen-bond donors (Lipinski definition) is 0. The van der Waals surface area contributed by atoms with E-state index in [1.54, 1.807) is 28.6 Å². The molecule has 0 unspecified atom stereocenters. The van der Waals surface area contributed by atoms with Gasteiger partial charge in [0.15, 0.2) is 0 Å². The first-order valence-corrected chi connectivity index (χ1v) is 10.2. The van der Waals surface area contributed by atoms with Crippen LogP contribution in [0.5, 0.6) is 0 Å². The Balaban J connectivity index is 1.63. The van der Waals surface area contributed by atoms with E-state index >= 15 is 0 Å². The van der Waals surface area contributed by atoms with Gasteiger partial charge < -0.3 is 0 Å². The van der Waals surface area contributed by atoms with E-state index in [1.165, 1.54) is 11.1 Å². The van der Waals surface area contributed by atoms with E-state index in [9.17, 15) is 8.42 Å². The van der Waals surface area contributed by atoms with E-state index < -0.39 is 10.0 Å². The van der Waals surface area contributed by atoms with Crippen LogP contribution in [0.4, 0.5) is 0 Å². The first-order chi connectivity index (χ1) is 11.4. The molecule has 1 fully saturated rings. The lowest BCUT2D eigenvalue weighted by molar-refractivity contribution is 0.181. The van der Waals surface area contributed by atoms with E-state index in [2.05, 4.69) is 52.0 Å². The fourth-order valence-corrected chi connectivity index (χ4v) is 4.64. The normalized spacial score (nSPS) is 17.1. The minimum Gasteiger partial charge on any atom is -0.296 e. The van der Waals surface area contributed by atoms with Gasteiger partial charge in [0.25, 0.3) is 0 Å². The second-order valence-electron chi connectivity index (χ2n) is 6.12. The molecule has 0 radical (unpaired) electrons. The fourth-order valence-electron chi connectivity index (χ4n) is 2.95. The number of benzene rings is 2. The molecule has 1 heterocycles. The van der Waals surface area contributed by atoms with Crippen LogP contribution in [-0.2, 0) is 16.6 Å². The van der Waals surface area contributed by atoms with Crippen molar-refractivity contribution in [2.45, 2.75) is 18.4 Å². The van der Waals surface area contributed by atoms with E-state index in [-0.39, 0.29) is 0 Å². The molecule has 0 aliphatic carbocycles. The van der Waals surface area contributed by atoms with E-state index in [0.29, 0.717) is 18.0 Å². The number of hydrogen-bond acceptors (Lipinski definition) is 3. The van der Waals surface area contributed by atoms with Crippen LogP contribution < -0.4 is 0 Å². The summed E-state index contributed by atoms with van der Waals surface area (Å²) in [5.41, 5.74) is 2.53. The van der Waals surface area contributed by atoms with Gasteiger partial charge in [-0.2, -0.15) is 4.31 Å². The zero-order valence-electron chi connectivity index (χ0n) is 13.7. The number of sulfonamides is 1. The predicted molar refractivity (Wildman–Crippen MR) is 99.4 cm³/mol. The summed E-state index contributed by atoms with van der Waals surface area (Å²) in [6.07, 6.45) is 0. The van der Waals surface area contributed by atoms with Crippen LogP contribution in [0.15, 0.2) is 57.9 Å². The lowest BCUT2D eigenvalue weighted by atomic mass is 10.1. The average Bonchev–Trinajstić information content (AvgIpc) is 2.56. The van der Waals surface area contributed by atoms with Crippen molar-refractivity contribution < 1.29 is 8.42 Å². The van der Waals surface area contributed by atoms with Gasteiger partial charge in [0.1, 0.15) is 0 Å². The highest BCUT2D eigenvalue weighted by molar-refractivity contribution is 9.10. The summed E-state index contributed by atoms with van der Waals surface area (Å²) in [4.78, 5) is 2.67. The molecule has 4 nitrogen and oxygen atoms in total. The van der Waals surface area contributed by atoms with E-state index in [1.807, 2.05) is 0 Å². The van der Waals surface area contributed by atoms with Crippen molar-refractivity contribution in [3.8, 4) is 0 Å². The molecule has 0 amide bonds. The zero-order chi connectivity index (χ0) is 17.2. The van der Waals surface area contributed by atoms with Crippen LogP contribution in [0.2, 0.25) is 0 Å². The summed E-state index contributed by atoms with van der Waals surface area (Å²) in [5, 5.41) is 0. The van der Waals surface area contributed by atoms with Crippen LogP contribution in [0, 0.1) is 6.92 Å². The molecule has 24 heavy (non-hydrogen) atoms. The second-order valence-corrected chi connectivity index (χ2v) is 8.98. The Hall–Kier alpha value is -1.21. The predicted octanol–water partition coefficient (Wildman–Crippen LogP) is 3.26. The van der Waals surface area contributed by atoms with Crippen molar-refractivity contribution in [2.24, 2.45) is 0 Å². The average molecular weight is 409 g/mol. The third-order valence-electron chi connectivity index (χ3n) is 4.27. The first kappa shape index (κ1) is 17.6. The van der Waals surface area contributed by atoms with Crippen molar-refractivity contribution in [1.29, 1.82) is 0 Å². The molecule has 1 aliphatic rings. The van der Waals surface area contributed by atoms with Gasteiger partial charge >= 0.3 is 0 Å². The quantitative estimate of drug-likeness (QED) is 0.779. The smallest absolute Gasteiger partial charge is 0.243 e. The summed E-state index contributed by atoms with van der Waals surface area (Å²) >= 11 is 3.34. The zero-order valence-corrected chi connectivity index (χ0v) is 16.1. The molecule has 2 aromatic carbocycles. The highest BCUT2D eigenvalue weighted by Crippen LogP contribution is 2.20. The third-order valence-corrected chi connectivity index (χ3v) is 6.71. The molecule has 3 rings (SSSR count). The van der Waals surface area contributed by atoms with Crippen molar-refractivity contribution in [3.63, 3.8) is 0 Å². The molecule has 0 spiro atoms. The second kappa shape index (κ2) is 7.35. The highest BCUT2D eigenvalue weighted by atomic mass is 79.9. The van der Waals surface area contributed by atoms with E-state index in [4.69, 9.17) is 0 Å². The number of rotatable bonds is 4. The maximum atomic E-state index is 12.7. The number of aryl methyl sites for hydroxylation is 1. The maximum Gasteiger partial charge on any atom is 0.243 e. The minimum atomic E-state index is -3.40. The van der Waals surface area contributed by atoms with Crippen LogP contribution in [0.3, 0.4) is 0 Å². The van der Waals surface area contributed by atoms with Crippen LogP contribution in [0.1, 0.15) is 11.1 Å². The first-order valence-electron chi connectivity index (χ1n) is 7.99. The molecule has 1 aliphatic heterocycles. The summed E-state index contributed by atoms with van der Waals surface area (Å²) in [6, 6.07) is 15.3. The maximum absolute atomic E-state index is 12.7. The van der Waals surface area contributed by atoms with Gasteiger partial charge in [-0.05, 0) is 36.8 Å². The molecule has 0 saturated carbocycles. The van der Waals surface area contributed by atoms with E-state index in [0.717, 1.165) is 24.1 Å². The van der Waals surface area contributed by atoms with Gasteiger partial charge in [-0.3, -0.25) is 4.90 Å². The van der Waals surface area contributed by atoms with Crippen LogP contribution in [-0.4, -0.2) is 43.8 Å². The summed E-state index contributed by atoms with van der Waals surface area (Å²) in [6.45, 7) is 5.53. The van der Waals surface area contributed by atoms with Crippen molar-refractivity contribution >= 4 is 26.0 Å². The number of piperazine rings is 1. The summed E-state index contributed by atoms with van der Waals surface area (Å²) < 4.78 is 27.9. The lowest BCUT2D eigenvalue weighted by Gasteiger charge is -2.34. The van der Waals surface area contributed by atoms with Gasteiger partial charge in [-0.1, -0.05) is 45.8 Å². The monoisotopic (exact) mass is 408 g/mol. The standard InChI is InChI=1S/C18H21BrN2O2S/c1-15-3-2-4-16(13-15)14-20-9-11-21(12-10-20)24(22,23)18-7-5-17(19)6-8-18/h2-8,13H,9-12,14H2,1H3. The Morgan fingerprint density at radius 2 is 1.67 bits per heavy atom. The summed E-state index contributed by atoms with van der Waals surface area (Å²) in [5.74, 6) is 0. The molecule has 0 atom stereocenters. The Labute approximate surface area is 152 Å². The lowest BCUT2D eigenvalue weighted by Crippen LogP contribution is -2.48. The Morgan fingerprint density at radius 3 is 2.29 bits per heavy atom. The molecule has 0 aromatic heterocycles. The fraction of sp³-hybridized carbons (Fsp3) is 0.333. The van der Waals surface area contributed by atoms with Gasteiger partial charge in [-0.15, -0.1) is 0 Å². The molecule has 128 valence electrons. The SMILES string of the molecule is Cc1cccc(CN2CCN(S(=O)(=O)c3ccc(Br)cc3)CC2)c1. The Bertz CT molecular complexity index is 798. The molecular weight excluding hydrogens is 388 g/mol. The van der Waals surface area contributed by atoms with Gasteiger partial charge in [0, 0.05) is 37.2 Å². The molecular formula is C18H21BrN2O2S. The van der Waals surface area contributed by atoms with Crippen LogP contribution in [0.25, 0.3) is 0 Å². The topological polar surface area (TPSA) is 40.6 Å². The number of nitrogens with zero attached hydrogens (tertiary/aromatic N) is 2. The van der Waals surface area contributed by atoms with Gasteiger partial charge in [0.2, 0.25) is 10.0 Å². The van der Waals surface area contributed by atoms with Crippen molar-refractivity contribution in [2.75, 3.05) is 26.2 Å². The molecule has 0 N–H and O–H groups in total. The molecule has 0 bridgehead atoms. The third kappa shape index (κ3) is 4.06. The molecule has 1 saturated heterocycles. The largest absolute Gasteiger partial charge is 0.296 e. The molecule has 6 heteroatoms. The van der Waals surface area contributed by atoms with Gasteiger partial charge in [-0.25, -0.2) is 8.42 Å². The Kier molecular flexibility index (Phi) is 5.39. The van der Waals surface area contributed by atoms with Crippen molar-refractivity contribution in [3.05, 3.63) is 64.1 Å². The number of halogens is 1. The van der Waals surface area contributed by atoms with Crippen LogP contribution >= 0.6 is 15.9 Å². The highest BCUT2D eigenvalue weighted by Gasteiger charge is 2.28. The van der Waals surface area contributed by atoms with Crippen molar-refractivity contribution in [1.82, 2.24) is 9.21 Å². The van der Waals surface area contributed by atoms with Gasteiger partial charge in [0.05, 0.1) is 4.90 Å².